The molecule has 4 nitrogen and oxygen atoms in total. The predicted molar refractivity (Wildman–Crippen MR) is 95.1 cm³/mol. The smallest absolute Gasteiger partial charge is 0.161 e. The van der Waals surface area contributed by atoms with Crippen LogP contribution in [0.25, 0.3) is 0 Å². The maximum Gasteiger partial charge on any atom is 0.161 e. The van der Waals surface area contributed by atoms with Gasteiger partial charge in [0.05, 0.1) is 13.2 Å². The van der Waals surface area contributed by atoms with Crippen molar-refractivity contribution < 1.29 is 9.47 Å². The van der Waals surface area contributed by atoms with Gasteiger partial charge in [0.2, 0.25) is 0 Å². The molecule has 1 heterocycles. The first-order valence-electron chi connectivity index (χ1n) is 8.73. The van der Waals surface area contributed by atoms with E-state index in [9.17, 15) is 0 Å². The number of benzene rings is 1. The quantitative estimate of drug-likeness (QED) is 0.872. The molecule has 3 atom stereocenters. The fourth-order valence-corrected chi connectivity index (χ4v) is 3.70. The van der Waals surface area contributed by atoms with Crippen LogP contribution in [0.3, 0.4) is 0 Å². The molecule has 0 radical (unpaired) electrons. The van der Waals surface area contributed by atoms with Crippen molar-refractivity contribution in [1.82, 2.24) is 4.90 Å². The number of methoxy groups -OCH3 is 1. The molecule has 0 aromatic heterocycles. The first-order valence-corrected chi connectivity index (χ1v) is 8.73. The monoisotopic (exact) mass is 320 g/mol. The van der Waals surface area contributed by atoms with Gasteiger partial charge in [0.1, 0.15) is 0 Å². The second kappa shape index (κ2) is 8.02. The number of likely N-dealkylation sites (tertiary alicyclic amines) is 1. The molecule has 2 rings (SSSR count). The molecule has 0 amide bonds. The summed E-state index contributed by atoms with van der Waals surface area (Å²) in [5.74, 6) is 3.02. The molecule has 0 bridgehead atoms. The van der Waals surface area contributed by atoms with Crippen molar-refractivity contribution >= 4 is 0 Å². The number of rotatable bonds is 6. The van der Waals surface area contributed by atoms with E-state index in [0.717, 1.165) is 36.4 Å². The van der Waals surface area contributed by atoms with E-state index in [-0.39, 0.29) is 12.1 Å². The van der Waals surface area contributed by atoms with Crippen molar-refractivity contribution in [3.05, 3.63) is 23.8 Å². The second-order valence-electron chi connectivity index (χ2n) is 7.23. The highest BCUT2D eigenvalue weighted by Gasteiger charge is 2.28. The summed E-state index contributed by atoms with van der Waals surface area (Å²) in [5, 5.41) is 0. The normalized spacial score (nSPS) is 23.8. The maximum atomic E-state index is 6.12. The van der Waals surface area contributed by atoms with Crippen molar-refractivity contribution in [3.63, 3.8) is 0 Å². The minimum Gasteiger partial charge on any atom is -0.493 e. The summed E-state index contributed by atoms with van der Waals surface area (Å²) < 4.78 is 11.3. The minimum absolute atomic E-state index is 0.129. The van der Waals surface area contributed by atoms with Gasteiger partial charge in [0.15, 0.2) is 11.5 Å². The van der Waals surface area contributed by atoms with Gasteiger partial charge in [-0.1, -0.05) is 19.9 Å². The van der Waals surface area contributed by atoms with E-state index in [2.05, 4.69) is 30.9 Å². The lowest BCUT2D eigenvalue weighted by atomic mass is 9.89. The summed E-state index contributed by atoms with van der Waals surface area (Å²) in [6.45, 7) is 11.5. The van der Waals surface area contributed by atoms with Gasteiger partial charge < -0.3 is 15.2 Å². The van der Waals surface area contributed by atoms with Gasteiger partial charge in [-0.3, -0.25) is 4.90 Å². The molecular weight excluding hydrogens is 288 g/mol. The average Bonchev–Trinajstić information content (AvgIpc) is 2.47. The molecule has 130 valence electrons. The Balaban J connectivity index is 2.23. The summed E-state index contributed by atoms with van der Waals surface area (Å²) in [7, 11) is 1.69. The second-order valence-corrected chi connectivity index (χ2v) is 7.23. The summed E-state index contributed by atoms with van der Waals surface area (Å²) in [6, 6.07) is 6.45. The Bertz CT molecular complexity index is 494. The lowest BCUT2D eigenvalue weighted by Crippen LogP contribution is -2.43. The Morgan fingerprint density at radius 1 is 1.17 bits per heavy atom. The maximum absolute atomic E-state index is 6.12. The zero-order chi connectivity index (χ0) is 17.0. The standard InChI is InChI=1S/C19H32N2O2/c1-13(2)23-18-7-6-16(9-19(18)22-5)17(10-20)21-11-14(3)8-15(4)12-21/h6-7,9,13-15,17H,8,10-12,20H2,1-5H3. The lowest BCUT2D eigenvalue weighted by Gasteiger charge is -2.40. The highest BCUT2D eigenvalue weighted by atomic mass is 16.5. The number of piperidine rings is 1. The van der Waals surface area contributed by atoms with Gasteiger partial charge in [-0.2, -0.15) is 0 Å². The van der Waals surface area contributed by atoms with Crippen molar-refractivity contribution in [3.8, 4) is 11.5 Å². The number of hydrogen-bond acceptors (Lipinski definition) is 4. The molecule has 1 aromatic carbocycles. The van der Waals surface area contributed by atoms with E-state index in [1.54, 1.807) is 7.11 Å². The Morgan fingerprint density at radius 2 is 1.83 bits per heavy atom. The van der Waals surface area contributed by atoms with Crippen LogP contribution in [0.5, 0.6) is 11.5 Å². The van der Waals surface area contributed by atoms with Gasteiger partial charge in [-0.15, -0.1) is 0 Å². The molecule has 0 saturated carbocycles. The Labute approximate surface area is 140 Å². The third-order valence-electron chi connectivity index (χ3n) is 4.50. The van der Waals surface area contributed by atoms with Crippen LogP contribution >= 0.6 is 0 Å². The summed E-state index contributed by atoms with van der Waals surface area (Å²) in [5.41, 5.74) is 7.33. The summed E-state index contributed by atoms with van der Waals surface area (Å²) in [4.78, 5) is 2.52. The SMILES string of the molecule is COc1cc(C(CN)N2CC(C)CC(C)C2)ccc1OC(C)C. The van der Waals surface area contributed by atoms with Crippen LogP contribution in [0.1, 0.15) is 45.7 Å². The lowest BCUT2D eigenvalue weighted by molar-refractivity contribution is 0.0982. The fraction of sp³-hybridized carbons (Fsp3) is 0.684. The Kier molecular flexibility index (Phi) is 6.31. The molecule has 1 saturated heterocycles. The third-order valence-corrected chi connectivity index (χ3v) is 4.50. The number of hydrogen-bond donors (Lipinski definition) is 1. The van der Waals surface area contributed by atoms with E-state index < -0.39 is 0 Å². The van der Waals surface area contributed by atoms with Crippen molar-refractivity contribution in [1.29, 1.82) is 0 Å². The molecule has 1 aliphatic heterocycles. The van der Waals surface area contributed by atoms with Crippen LogP contribution in [0.4, 0.5) is 0 Å². The van der Waals surface area contributed by atoms with E-state index in [4.69, 9.17) is 15.2 Å². The summed E-state index contributed by atoms with van der Waals surface area (Å²) in [6.07, 6.45) is 1.43. The van der Waals surface area contributed by atoms with Crippen molar-refractivity contribution in [2.45, 2.75) is 46.3 Å². The highest BCUT2D eigenvalue weighted by molar-refractivity contribution is 5.44. The van der Waals surface area contributed by atoms with E-state index >= 15 is 0 Å². The van der Waals surface area contributed by atoms with E-state index in [1.807, 2.05) is 19.9 Å². The van der Waals surface area contributed by atoms with Gasteiger partial charge >= 0.3 is 0 Å². The molecule has 1 fully saturated rings. The first-order chi connectivity index (χ1) is 10.9. The van der Waals surface area contributed by atoms with Crippen LogP contribution in [-0.4, -0.2) is 37.7 Å². The Morgan fingerprint density at radius 3 is 2.35 bits per heavy atom. The first kappa shape index (κ1) is 18.1. The predicted octanol–water partition coefficient (Wildman–Crippen LogP) is 3.46. The average molecular weight is 320 g/mol. The van der Waals surface area contributed by atoms with E-state index in [0.29, 0.717) is 6.54 Å². The van der Waals surface area contributed by atoms with Gasteiger partial charge in [0, 0.05) is 25.7 Å². The zero-order valence-corrected chi connectivity index (χ0v) is 15.2. The van der Waals surface area contributed by atoms with Crippen LogP contribution in [-0.2, 0) is 0 Å². The largest absolute Gasteiger partial charge is 0.493 e. The number of nitrogens with zero attached hydrogens (tertiary/aromatic N) is 1. The molecule has 0 aliphatic carbocycles. The Hall–Kier alpha value is -1.26. The summed E-state index contributed by atoms with van der Waals surface area (Å²) >= 11 is 0. The molecule has 2 N–H and O–H groups in total. The number of nitrogens with two attached hydrogens (primary N) is 1. The highest BCUT2D eigenvalue weighted by Crippen LogP contribution is 2.34. The zero-order valence-electron chi connectivity index (χ0n) is 15.2. The minimum atomic E-state index is 0.129. The molecule has 1 aromatic rings. The third kappa shape index (κ3) is 4.61. The van der Waals surface area contributed by atoms with Crippen molar-refractivity contribution in [2.75, 3.05) is 26.7 Å². The van der Waals surface area contributed by atoms with Crippen LogP contribution < -0.4 is 15.2 Å². The molecule has 3 unspecified atom stereocenters. The molecule has 4 heteroatoms. The van der Waals surface area contributed by atoms with Crippen molar-refractivity contribution in [2.24, 2.45) is 17.6 Å². The fourth-order valence-electron chi connectivity index (χ4n) is 3.70. The molecule has 23 heavy (non-hydrogen) atoms. The molecular formula is C19H32N2O2. The van der Waals surface area contributed by atoms with Crippen LogP contribution in [0.2, 0.25) is 0 Å². The van der Waals surface area contributed by atoms with Crippen LogP contribution in [0, 0.1) is 11.8 Å². The van der Waals surface area contributed by atoms with Gasteiger partial charge in [-0.25, -0.2) is 0 Å². The van der Waals surface area contributed by atoms with Gasteiger partial charge in [-0.05, 0) is 49.8 Å². The van der Waals surface area contributed by atoms with Gasteiger partial charge in [0.25, 0.3) is 0 Å². The molecule has 1 aliphatic rings. The molecule has 0 spiro atoms. The van der Waals surface area contributed by atoms with E-state index in [1.165, 1.54) is 12.0 Å². The topological polar surface area (TPSA) is 47.7 Å². The number of ether oxygens (including phenoxy) is 2. The van der Waals surface area contributed by atoms with Crippen LogP contribution in [0.15, 0.2) is 18.2 Å².